The fraction of sp³-hybridized carbons (Fsp3) is 0.467. The van der Waals surface area contributed by atoms with E-state index in [0.29, 0.717) is 18.3 Å². The number of ether oxygens (including phenoxy) is 1. The van der Waals surface area contributed by atoms with Crippen molar-refractivity contribution in [1.29, 1.82) is 0 Å². The Balaban J connectivity index is 1.88. The molecule has 1 aliphatic rings. The smallest absolute Gasteiger partial charge is 0.247 e. The molecule has 2 N–H and O–H groups in total. The normalized spacial score (nSPS) is 17.3. The Kier molecular flexibility index (Phi) is 3.44. The van der Waals surface area contributed by atoms with Gasteiger partial charge in [0, 0.05) is 5.56 Å². The van der Waals surface area contributed by atoms with Gasteiger partial charge in [-0.1, -0.05) is 30.1 Å². The SMILES string of the molecule is CCOc1cccc(-c2noc(C3(N)CCCC3)n2)c1. The molecule has 0 amide bonds. The van der Waals surface area contributed by atoms with Crippen molar-refractivity contribution in [2.75, 3.05) is 6.61 Å². The fourth-order valence-electron chi connectivity index (χ4n) is 2.65. The van der Waals surface area contributed by atoms with Gasteiger partial charge in [0.05, 0.1) is 12.1 Å². The summed E-state index contributed by atoms with van der Waals surface area (Å²) in [6.07, 6.45) is 4.06. The molecule has 106 valence electrons. The van der Waals surface area contributed by atoms with Crippen molar-refractivity contribution in [3.05, 3.63) is 30.2 Å². The predicted molar refractivity (Wildman–Crippen MR) is 75.2 cm³/mol. The Bertz CT molecular complexity index is 588. The topological polar surface area (TPSA) is 74.2 Å². The van der Waals surface area contributed by atoms with Crippen LogP contribution in [0.25, 0.3) is 11.4 Å². The van der Waals surface area contributed by atoms with Gasteiger partial charge in [-0.05, 0) is 31.9 Å². The minimum atomic E-state index is -0.442. The highest BCUT2D eigenvalue weighted by Crippen LogP contribution is 2.36. The van der Waals surface area contributed by atoms with Crippen molar-refractivity contribution in [3.8, 4) is 17.1 Å². The molecule has 1 heterocycles. The third-order valence-electron chi connectivity index (χ3n) is 3.75. The van der Waals surface area contributed by atoms with Crippen molar-refractivity contribution in [1.82, 2.24) is 10.1 Å². The van der Waals surface area contributed by atoms with E-state index in [2.05, 4.69) is 10.1 Å². The van der Waals surface area contributed by atoms with Crippen LogP contribution in [0.4, 0.5) is 0 Å². The lowest BCUT2D eigenvalue weighted by atomic mass is 9.99. The first-order valence-corrected chi connectivity index (χ1v) is 7.07. The molecule has 0 spiro atoms. The van der Waals surface area contributed by atoms with E-state index in [1.54, 1.807) is 0 Å². The highest BCUT2D eigenvalue weighted by atomic mass is 16.5. The lowest BCUT2D eigenvalue weighted by Crippen LogP contribution is -2.33. The van der Waals surface area contributed by atoms with E-state index in [9.17, 15) is 0 Å². The van der Waals surface area contributed by atoms with Gasteiger partial charge in [-0.2, -0.15) is 4.98 Å². The molecule has 5 nitrogen and oxygen atoms in total. The Morgan fingerprint density at radius 1 is 1.35 bits per heavy atom. The summed E-state index contributed by atoms with van der Waals surface area (Å²) < 4.78 is 10.9. The van der Waals surface area contributed by atoms with Gasteiger partial charge in [0.2, 0.25) is 11.7 Å². The number of hydrogen-bond acceptors (Lipinski definition) is 5. The molecule has 5 heteroatoms. The van der Waals surface area contributed by atoms with E-state index in [0.717, 1.165) is 37.0 Å². The number of benzene rings is 1. The summed E-state index contributed by atoms with van der Waals surface area (Å²) in [7, 11) is 0. The molecule has 20 heavy (non-hydrogen) atoms. The zero-order valence-electron chi connectivity index (χ0n) is 11.6. The van der Waals surface area contributed by atoms with E-state index < -0.39 is 5.54 Å². The Morgan fingerprint density at radius 2 is 2.15 bits per heavy atom. The van der Waals surface area contributed by atoms with E-state index in [1.165, 1.54) is 0 Å². The van der Waals surface area contributed by atoms with Gasteiger partial charge in [-0.15, -0.1) is 0 Å². The van der Waals surface area contributed by atoms with Crippen LogP contribution in [0.2, 0.25) is 0 Å². The molecule has 0 bridgehead atoms. The second kappa shape index (κ2) is 5.25. The number of nitrogens with two attached hydrogens (primary N) is 1. The van der Waals surface area contributed by atoms with Crippen LogP contribution in [0.5, 0.6) is 5.75 Å². The zero-order chi connectivity index (χ0) is 14.0. The summed E-state index contributed by atoms with van der Waals surface area (Å²) in [4.78, 5) is 4.48. The molecule has 0 aliphatic heterocycles. The number of nitrogens with zero attached hydrogens (tertiary/aromatic N) is 2. The van der Waals surface area contributed by atoms with Crippen LogP contribution in [-0.4, -0.2) is 16.7 Å². The van der Waals surface area contributed by atoms with Crippen molar-refractivity contribution < 1.29 is 9.26 Å². The van der Waals surface area contributed by atoms with Crippen molar-refractivity contribution >= 4 is 0 Å². The highest BCUT2D eigenvalue weighted by molar-refractivity contribution is 5.56. The Labute approximate surface area is 118 Å². The Morgan fingerprint density at radius 3 is 2.90 bits per heavy atom. The second-order valence-corrected chi connectivity index (χ2v) is 5.25. The maximum Gasteiger partial charge on any atom is 0.247 e. The van der Waals surface area contributed by atoms with E-state index in [1.807, 2.05) is 31.2 Å². The van der Waals surface area contributed by atoms with Gasteiger partial charge in [-0.25, -0.2) is 0 Å². The van der Waals surface area contributed by atoms with Crippen LogP contribution in [0.15, 0.2) is 28.8 Å². The second-order valence-electron chi connectivity index (χ2n) is 5.25. The summed E-state index contributed by atoms with van der Waals surface area (Å²) in [5.41, 5.74) is 6.77. The van der Waals surface area contributed by atoms with Crippen LogP contribution < -0.4 is 10.5 Å². The first kappa shape index (κ1) is 13.1. The average molecular weight is 273 g/mol. The monoisotopic (exact) mass is 273 g/mol. The molecule has 1 saturated carbocycles. The van der Waals surface area contributed by atoms with Gasteiger partial charge in [0.1, 0.15) is 5.75 Å². The zero-order valence-corrected chi connectivity index (χ0v) is 11.6. The minimum Gasteiger partial charge on any atom is -0.494 e. The quantitative estimate of drug-likeness (QED) is 0.927. The summed E-state index contributed by atoms with van der Waals surface area (Å²) in [5, 5.41) is 4.06. The highest BCUT2D eigenvalue weighted by Gasteiger charge is 2.36. The third-order valence-corrected chi connectivity index (χ3v) is 3.75. The molecule has 1 aliphatic carbocycles. The van der Waals surface area contributed by atoms with Crippen molar-refractivity contribution in [2.45, 2.75) is 38.1 Å². The molecule has 1 fully saturated rings. The number of rotatable bonds is 4. The molecule has 2 aromatic rings. The van der Waals surface area contributed by atoms with Gasteiger partial charge in [-0.3, -0.25) is 0 Å². The van der Waals surface area contributed by atoms with E-state index >= 15 is 0 Å². The van der Waals surface area contributed by atoms with Crippen molar-refractivity contribution in [2.24, 2.45) is 5.73 Å². The predicted octanol–water partition coefficient (Wildman–Crippen LogP) is 2.86. The van der Waals surface area contributed by atoms with Crippen LogP contribution >= 0.6 is 0 Å². The minimum absolute atomic E-state index is 0.442. The van der Waals surface area contributed by atoms with Gasteiger partial charge in [0.25, 0.3) is 0 Å². The largest absolute Gasteiger partial charge is 0.494 e. The van der Waals surface area contributed by atoms with Gasteiger partial charge >= 0.3 is 0 Å². The maximum atomic E-state index is 6.33. The molecule has 1 aromatic heterocycles. The molecule has 0 saturated heterocycles. The lowest BCUT2D eigenvalue weighted by Gasteiger charge is -2.17. The van der Waals surface area contributed by atoms with Crippen LogP contribution in [-0.2, 0) is 5.54 Å². The molecule has 0 atom stereocenters. The molecule has 1 aromatic carbocycles. The van der Waals surface area contributed by atoms with E-state index in [-0.39, 0.29) is 0 Å². The molecular formula is C15H19N3O2. The lowest BCUT2D eigenvalue weighted by molar-refractivity contribution is 0.285. The van der Waals surface area contributed by atoms with E-state index in [4.69, 9.17) is 15.0 Å². The fourth-order valence-corrected chi connectivity index (χ4v) is 2.65. The van der Waals surface area contributed by atoms with Gasteiger partial charge < -0.3 is 15.0 Å². The standard InChI is InChI=1S/C15H19N3O2/c1-2-19-12-7-5-6-11(10-12)13-17-14(20-18-13)15(16)8-3-4-9-15/h5-7,10H,2-4,8-9,16H2,1H3. The first-order valence-electron chi connectivity index (χ1n) is 7.07. The van der Waals surface area contributed by atoms with Crippen LogP contribution in [0.1, 0.15) is 38.5 Å². The van der Waals surface area contributed by atoms with Crippen molar-refractivity contribution in [3.63, 3.8) is 0 Å². The maximum absolute atomic E-state index is 6.33. The number of aromatic nitrogens is 2. The summed E-state index contributed by atoms with van der Waals surface area (Å²) in [6, 6.07) is 7.69. The molecule has 0 unspecified atom stereocenters. The number of hydrogen-bond donors (Lipinski definition) is 1. The molecule has 3 rings (SSSR count). The summed E-state index contributed by atoms with van der Waals surface area (Å²) in [5.74, 6) is 1.92. The van der Waals surface area contributed by atoms with Gasteiger partial charge in [0.15, 0.2) is 0 Å². The van der Waals surface area contributed by atoms with Crippen LogP contribution in [0, 0.1) is 0 Å². The third kappa shape index (κ3) is 2.41. The summed E-state index contributed by atoms with van der Waals surface area (Å²) >= 11 is 0. The summed E-state index contributed by atoms with van der Waals surface area (Å²) in [6.45, 7) is 2.59. The first-order chi connectivity index (χ1) is 9.71. The Hall–Kier alpha value is -1.88. The van der Waals surface area contributed by atoms with Crippen LogP contribution in [0.3, 0.4) is 0 Å². The molecular weight excluding hydrogens is 254 g/mol. The molecule has 0 radical (unpaired) electrons. The average Bonchev–Trinajstić information content (AvgIpc) is 3.09.